The Labute approximate surface area is 166 Å². The molecule has 1 fully saturated rings. The molecule has 1 aliphatic heterocycles. The molecular formula is C22H29N3O3. The molecule has 3 rings (SSSR count). The molecule has 6 heteroatoms. The summed E-state index contributed by atoms with van der Waals surface area (Å²) in [7, 11) is 0. The van der Waals surface area contributed by atoms with Crippen LogP contribution in [0.4, 0.5) is 17.1 Å². The van der Waals surface area contributed by atoms with E-state index in [-0.39, 0.29) is 5.91 Å². The van der Waals surface area contributed by atoms with Gasteiger partial charge in [0, 0.05) is 24.3 Å². The highest BCUT2D eigenvalue weighted by atomic mass is 16.5. The summed E-state index contributed by atoms with van der Waals surface area (Å²) in [6.45, 7) is 7.71. The SMILES string of the molecule is CCCCOc1ccc(C(=O)Nc2cc(N3CCOCC3)c(N)cc2C)cc1. The van der Waals surface area contributed by atoms with Crippen LogP contribution in [0.25, 0.3) is 0 Å². The van der Waals surface area contributed by atoms with Crippen molar-refractivity contribution in [1.82, 2.24) is 0 Å². The molecule has 0 atom stereocenters. The number of nitrogen functional groups attached to an aromatic ring is 1. The Morgan fingerprint density at radius 2 is 1.93 bits per heavy atom. The summed E-state index contributed by atoms with van der Waals surface area (Å²) < 4.78 is 11.1. The predicted molar refractivity (Wildman–Crippen MR) is 113 cm³/mol. The molecular weight excluding hydrogens is 354 g/mol. The summed E-state index contributed by atoms with van der Waals surface area (Å²) in [5.41, 5.74) is 10.2. The van der Waals surface area contributed by atoms with Crippen molar-refractivity contribution in [3.8, 4) is 5.75 Å². The van der Waals surface area contributed by atoms with E-state index in [9.17, 15) is 4.79 Å². The fourth-order valence-corrected chi connectivity index (χ4v) is 3.16. The molecule has 0 unspecified atom stereocenters. The van der Waals surface area contributed by atoms with Gasteiger partial charge in [0.2, 0.25) is 0 Å². The highest BCUT2D eigenvalue weighted by molar-refractivity contribution is 6.05. The maximum Gasteiger partial charge on any atom is 0.255 e. The number of aryl methyl sites for hydroxylation is 1. The smallest absolute Gasteiger partial charge is 0.255 e. The van der Waals surface area contributed by atoms with Crippen molar-refractivity contribution in [1.29, 1.82) is 0 Å². The number of nitrogens with zero attached hydrogens (tertiary/aromatic N) is 1. The van der Waals surface area contributed by atoms with Crippen LogP contribution in [-0.2, 0) is 4.74 Å². The second kappa shape index (κ2) is 9.46. The summed E-state index contributed by atoms with van der Waals surface area (Å²) in [5.74, 6) is 0.629. The number of nitrogens with one attached hydrogen (secondary N) is 1. The first kappa shape index (κ1) is 20.0. The van der Waals surface area contributed by atoms with E-state index in [0.717, 1.165) is 48.6 Å². The number of hydrogen-bond donors (Lipinski definition) is 2. The molecule has 0 aliphatic carbocycles. The number of carbonyl (C=O) groups excluding carboxylic acids is 1. The molecule has 2 aromatic rings. The first-order valence-electron chi connectivity index (χ1n) is 9.85. The predicted octanol–water partition coefficient (Wildman–Crippen LogP) is 3.85. The van der Waals surface area contributed by atoms with Gasteiger partial charge in [-0.25, -0.2) is 0 Å². The van der Waals surface area contributed by atoms with E-state index in [1.165, 1.54) is 0 Å². The zero-order valence-electron chi connectivity index (χ0n) is 16.7. The van der Waals surface area contributed by atoms with Crippen LogP contribution in [0.5, 0.6) is 5.75 Å². The maximum atomic E-state index is 12.7. The van der Waals surface area contributed by atoms with E-state index < -0.39 is 0 Å². The monoisotopic (exact) mass is 383 g/mol. The molecule has 0 aromatic heterocycles. The lowest BCUT2D eigenvalue weighted by atomic mass is 10.1. The van der Waals surface area contributed by atoms with Crippen LogP contribution < -0.4 is 20.7 Å². The average Bonchev–Trinajstić information content (AvgIpc) is 2.71. The van der Waals surface area contributed by atoms with Crippen LogP contribution in [0.15, 0.2) is 36.4 Å². The minimum Gasteiger partial charge on any atom is -0.494 e. The molecule has 0 bridgehead atoms. The van der Waals surface area contributed by atoms with Crippen molar-refractivity contribution in [2.75, 3.05) is 48.9 Å². The number of nitrogens with two attached hydrogens (primary N) is 1. The van der Waals surface area contributed by atoms with Crippen LogP contribution in [-0.4, -0.2) is 38.8 Å². The van der Waals surface area contributed by atoms with Crippen molar-refractivity contribution in [2.24, 2.45) is 0 Å². The highest BCUT2D eigenvalue weighted by Gasteiger charge is 2.17. The quantitative estimate of drug-likeness (QED) is 0.561. The highest BCUT2D eigenvalue weighted by Crippen LogP contribution is 2.31. The Morgan fingerprint density at radius 1 is 1.21 bits per heavy atom. The maximum absolute atomic E-state index is 12.7. The van der Waals surface area contributed by atoms with Gasteiger partial charge in [0.25, 0.3) is 5.91 Å². The standard InChI is InChI=1S/C22H29N3O3/c1-3-4-11-28-18-7-5-17(6-8-18)22(26)24-20-15-21(19(23)14-16(20)2)25-9-12-27-13-10-25/h5-8,14-15H,3-4,9-13,23H2,1-2H3,(H,24,26). The Bertz CT molecular complexity index is 799. The number of hydrogen-bond acceptors (Lipinski definition) is 5. The van der Waals surface area contributed by atoms with Gasteiger partial charge < -0.3 is 25.4 Å². The number of ether oxygens (including phenoxy) is 2. The van der Waals surface area contributed by atoms with Gasteiger partial charge in [-0.1, -0.05) is 13.3 Å². The van der Waals surface area contributed by atoms with E-state index in [4.69, 9.17) is 15.2 Å². The van der Waals surface area contributed by atoms with Gasteiger partial charge in [-0.15, -0.1) is 0 Å². The van der Waals surface area contributed by atoms with Gasteiger partial charge in [0.05, 0.1) is 31.2 Å². The van der Waals surface area contributed by atoms with Crippen LogP contribution in [0.2, 0.25) is 0 Å². The molecule has 0 spiro atoms. The number of amides is 1. The molecule has 0 radical (unpaired) electrons. The molecule has 150 valence electrons. The lowest BCUT2D eigenvalue weighted by molar-refractivity contribution is 0.102. The average molecular weight is 383 g/mol. The van der Waals surface area contributed by atoms with Crippen LogP contribution in [0, 0.1) is 6.92 Å². The number of benzene rings is 2. The molecule has 1 heterocycles. The van der Waals surface area contributed by atoms with Gasteiger partial charge in [0.1, 0.15) is 5.75 Å². The van der Waals surface area contributed by atoms with E-state index >= 15 is 0 Å². The lowest BCUT2D eigenvalue weighted by Crippen LogP contribution is -2.36. The number of rotatable bonds is 7. The normalized spacial score (nSPS) is 14.0. The van der Waals surface area contributed by atoms with Gasteiger partial charge in [0.15, 0.2) is 0 Å². The summed E-state index contributed by atoms with van der Waals surface area (Å²) in [6.07, 6.45) is 2.11. The van der Waals surface area contributed by atoms with Crippen molar-refractivity contribution in [3.05, 3.63) is 47.5 Å². The third-order valence-electron chi connectivity index (χ3n) is 4.86. The molecule has 2 aromatic carbocycles. The molecule has 1 amide bonds. The Kier molecular flexibility index (Phi) is 6.76. The molecule has 1 saturated heterocycles. The Morgan fingerprint density at radius 3 is 2.61 bits per heavy atom. The zero-order chi connectivity index (χ0) is 19.9. The van der Waals surface area contributed by atoms with Crippen LogP contribution in [0.1, 0.15) is 35.7 Å². The van der Waals surface area contributed by atoms with Crippen LogP contribution >= 0.6 is 0 Å². The summed E-state index contributed by atoms with van der Waals surface area (Å²) in [6, 6.07) is 11.1. The third kappa shape index (κ3) is 4.95. The van der Waals surface area contributed by atoms with Gasteiger partial charge in [-0.2, -0.15) is 0 Å². The van der Waals surface area contributed by atoms with Crippen molar-refractivity contribution in [3.63, 3.8) is 0 Å². The lowest BCUT2D eigenvalue weighted by Gasteiger charge is -2.30. The van der Waals surface area contributed by atoms with Crippen molar-refractivity contribution < 1.29 is 14.3 Å². The summed E-state index contributed by atoms with van der Waals surface area (Å²) in [5, 5.41) is 3.01. The van der Waals surface area contributed by atoms with E-state index in [1.54, 1.807) is 12.1 Å². The second-order valence-electron chi connectivity index (χ2n) is 7.01. The molecule has 0 saturated carbocycles. The zero-order valence-corrected chi connectivity index (χ0v) is 16.7. The number of morpholine rings is 1. The fraction of sp³-hybridized carbons (Fsp3) is 0.409. The number of carbonyl (C=O) groups is 1. The first-order chi connectivity index (χ1) is 13.6. The largest absolute Gasteiger partial charge is 0.494 e. The summed E-state index contributed by atoms with van der Waals surface area (Å²) in [4.78, 5) is 14.9. The van der Waals surface area contributed by atoms with Crippen molar-refractivity contribution >= 4 is 23.0 Å². The van der Waals surface area contributed by atoms with Crippen LogP contribution in [0.3, 0.4) is 0 Å². The topological polar surface area (TPSA) is 76.8 Å². The molecule has 3 N–H and O–H groups in total. The minimum absolute atomic E-state index is 0.152. The first-order valence-corrected chi connectivity index (χ1v) is 9.85. The Hall–Kier alpha value is -2.73. The second-order valence-corrected chi connectivity index (χ2v) is 7.01. The van der Waals surface area contributed by atoms with Crippen molar-refractivity contribution in [2.45, 2.75) is 26.7 Å². The third-order valence-corrected chi connectivity index (χ3v) is 4.86. The minimum atomic E-state index is -0.152. The van der Waals surface area contributed by atoms with Gasteiger partial charge in [-0.05, 0) is 55.3 Å². The fourth-order valence-electron chi connectivity index (χ4n) is 3.16. The van der Waals surface area contributed by atoms with E-state index in [1.807, 2.05) is 31.2 Å². The summed E-state index contributed by atoms with van der Waals surface area (Å²) >= 11 is 0. The van der Waals surface area contributed by atoms with Gasteiger partial charge in [-0.3, -0.25) is 4.79 Å². The molecule has 28 heavy (non-hydrogen) atoms. The molecule has 1 aliphatic rings. The molecule has 6 nitrogen and oxygen atoms in total. The van der Waals surface area contributed by atoms with E-state index in [0.29, 0.717) is 31.1 Å². The Balaban J connectivity index is 1.71. The van der Waals surface area contributed by atoms with Gasteiger partial charge >= 0.3 is 0 Å². The number of unbranched alkanes of at least 4 members (excludes halogenated alkanes) is 1. The number of anilines is 3. The van der Waals surface area contributed by atoms with E-state index in [2.05, 4.69) is 17.1 Å².